The molecule has 0 fully saturated rings. The fourth-order valence-corrected chi connectivity index (χ4v) is 15.1. The Kier molecular flexibility index (Phi) is 83.3. The highest BCUT2D eigenvalue weighted by molar-refractivity contribution is 7.47. The number of allylic oxidation sites excluding steroid dienone is 8. The summed E-state index contributed by atoms with van der Waals surface area (Å²) in [5.74, 6) is -0.767. The van der Waals surface area contributed by atoms with Crippen molar-refractivity contribution < 1.29 is 42.1 Å². The number of likely N-dealkylation sites (N-methyl/N-ethyl adjacent to an activating group) is 1. The number of phosphoric acid groups is 1. The Balaban J connectivity index is 3.81. The molecule has 2 unspecified atom stereocenters. The third-order valence-corrected chi connectivity index (χ3v) is 22.4. The molecule has 0 aromatic carbocycles. The molecule has 0 aliphatic rings. The van der Waals surface area contributed by atoms with Gasteiger partial charge >= 0.3 is 19.8 Å². The maximum absolute atomic E-state index is 13.0. The van der Waals surface area contributed by atoms with Gasteiger partial charge in [0.1, 0.15) is 19.8 Å². The van der Waals surface area contributed by atoms with Gasteiger partial charge in [-0.2, -0.15) is 0 Å². The van der Waals surface area contributed by atoms with Crippen LogP contribution in [0.4, 0.5) is 0 Å². The number of unbranched alkanes of at least 4 members (excludes halogenated alkanes) is 66. The maximum Gasteiger partial charge on any atom is 0.472 e. The monoisotopic (exact) mass is 1480 g/mol. The average molecular weight is 1480 g/mol. The Morgan fingerprint density at radius 2 is 0.548 bits per heavy atom. The fraction of sp³-hybridized carbons (Fsp3) is 0.894. The van der Waals surface area contributed by atoms with Crippen molar-refractivity contribution in [2.24, 2.45) is 0 Å². The van der Waals surface area contributed by atoms with E-state index in [0.717, 1.165) is 57.8 Å². The molecular weight excluding hydrogens is 1300 g/mol. The van der Waals surface area contributed by atoms with Gasteiger partial charge in [0.05, 0.1) is 27.7 Å². The van der Waals surface area contributed by atoms with E-state index in [1.165, 1.54) is 398 Å². The Morgan fingerprint density at radius 1 is 0.308 bits per heavy atom. The zero-order valence-corrected chi connectivity index (χ0v) is 71.4. The molecule has 0 aliphatic heterocycles. The van der Waals surface area contributed by atoms with E-state index in [4.69, 9.17) is 18.5 Å². The summed E-state index contributed by atoms with van der Waals surface area (Å²) in [7, 11) is 1.51. The third kappa shape index (κ3) is 88.9. The average Bonchev–Trinajstić information content (AvgIpc) is 0.915. The molecule has 0 aromatic rings. The van der Waals surface area contributed by atoms with Crippen molar-refractivity contribution in [2.75, 3.05) is 47.5 Å². The van der Waals surface area contributed by atoms with Crippen molar-refractivity contribution in [1.29, 1.82) is 0 Å². The van der Waals surface area contributed by atoms with E-state index in [1.54, 1.807) is 0 Å². The van der Waals surface area contributed by atoms with E-state index in [-0.39, 0.29) is 25.6 Å². The van der Waals surface area contributed by atoms with Crippen molar-refractivity contribution in [2.45, 2.75) is 495 Å². The van der Waals surface area contributed by atoms with Crippen molar-refractivity contribution in [3.63, 3.8) is 0 Å². The topological polar surface area (TPSA) is 108 Å². The summed E-state index contributed by atoms with van der Waals surface area (Å²) in [6.45, 7) is 4.42. The number of carbonyl (C=O) groups is 2. The van der Waals surface area contributed by atoms with Gasteiger partial charge in [0.25, 0.3) is 0 Å². The van der Waals surface area contributed by atoms with Gasteiger partial charge in [-0.15, -0.1) is 0 Å². The molecule has 10 heteroatoms. The molecule has 0 spiro atoms. The zero-order chi connectivity index (χ0) is 75.4. The second-order valence-corrected chi connectivity index (χ2v) is 34.5. The van der Waals surface area contributed by atoms with Gasteiger partial charge in [-0.3, -0.25) is 18.6 Å². The molecule has 0 saturated carbocycles. The van der Waals surface area contributed by atoms with Crippen LogP contribution in [-0.2, 0) is 32.7 Å². The van der Waals surface area contributed by atoms with Gasteiger partial charge in [0.2, 0.25) is 0 Å². The molecule has 2 atom stereocenters. The molecule has 0 aliphatic carbocycles. The predicted octanol–water partition coefficient (Wildman–Crippen LogP) is 31.4. The molecule has 614 valence electrons. The van der Waals surface area contributed by atoms with E-state index in [2.05, 4.69) is 62.5 Å². The molecule has 0 heterocycles. The summed E-state index contributed by atoms with van der Waals surface area (Å²) < 4.78 is 34.9. The lowest BCUT2D eigenvalue weighted by Crippen LogP contribution is -2.37. The van der Waals surface area contributed by atoms with Crippen LogP contribution in [0.3, 0.4) is 0 Å². The minimum atomic E-state index is -4.40. The first kappa shape index (κ1) is 102. The van der Waals surface area contributed by atoms with Crippen molar-refractivity contribution >= 4 is 19.8 Å². The largest absolute Gasteiger partial charge is 0.472 e. The highest BCUT2D eigenvalue weighted by Crippen LogP contribution is 2.43. The van der Waals surface area contributed by atoms with Crippen LogP contribution in [-0.4, -0.2) is 74.9 Å². The normalized spacial score (nSPS) is 13.1. The fourth-order valence-electron chi connectivity index (χ4n) is 14.4. The molecule has 0 rings (SSSR count). The third-order valence-electron chi connectivity index (χ3n) is 21.4. The van der Waals surface area contributed by atoms with E-state index >= 15 is 0 Å². The molecule has 104 heavy (non-hydrogen) atoms. The van der Waals surface area contributed by atoms with Crippen molar-refractivity contribution in [3.8, 4) is 0 Å². The van der Waals surface area contributed by atoms with Crippen LogP contribution in [0.25, 0.3) is 0 Å². The van der Waals surface area contributed by atoms with Gasteiger partial charge in [-0.25, -0.2) is 4.57 Å². The van der Waals surface area contributed by atoms with Crippen LogP contribution < -0.4 is 0 Å². The van der Waals surface area contributed by atoms with Crippen LogP contribution in [0.1, 0.15) is 489 Å². The quantitative estimate of drug-likeness (QED) is 0.0211. The number of ether oxygens (including phenoxy) is 2. The molecule has 0 radical (unpaired) electrons. The summed E-state index contributed by atoms with van der Waals surface area (Å²) in [6.07, 6.45) is 115. The minimum absolute atomic E-state index is 0.0357. The van der Waals surface area contributed by atoms with E-state index < -0.39 is 26.5 Å². The Hall–Kier alpha value is -2.03. The van der Waals surface area contributed by atoms with Crippen LogP contribution in [0, 0.1) is 0 Å². The highest BCUT2D eigenvalue weighted by atomic mass is 31.2. The minimum Gasteiger partial charge on any atom is -0.462 e. The summed E-state index contributed by atoms with van der Waals surface area (Å²) in [5, 5.41) is 0. The van der Waals surface area contributed by atoms with E-state index in [1.807, 2.05) is 21.1 Å². The lowest BCUT2D eigenvalue weighted by Gasteiger charge is -2.24. The molecule has 0 aromatic heterocycles. The number of rotatable bonds is 88. The van der Waals surface area contributed by atoms with Crippen LogP contribution >= 0.6 is 7.82 Å². The summed E-state index contributed by atoms with van der Waals surface area (Å²) in [6, 6.07) is 0. The lowest BCUT2D eigenvalue weighted by atomic mass is 10.0. The van der Waals surface area contributed by atoms with Crippen molar-refractivity contribution in [3.05, 3.63) is 48.6 Å². The summed E-state index contributed by atoms with van der Waals surface area (Å²) in [5.41, 5.74) is 0. The van der Waals surface area contributed by atoms with Gasteiger partial charge in [0, 0.05) is 12.8 Å². The second kappa shape index (κ2) is 85.0. The molecule has 0 amide bonds. The smallest absolute Gasteiger partial charge is 0.462 e. The first-order valence-electron chi connectivity index (χ1n) is 46.4. The highest BCUT2D eigenvalue weighted by Gasteiger charge is 2.27. The maximum atomic E-state index is 13.0. The number of hydrogen-bond donors (Lipinski definition) is 1. The van der Waals surface area contributed by atoms with Gasteiger partial charge in [-0.05, 0) is 51.4 Å². The number of hydrogen-bond acceptors (Lipinski definition) is 7. The number of quaternary nitrogens is 1. The molecule has 0 bridgehead atoms. The van der Waals surface area contributed by atoms with Crippen molar-refractivity contribution in [1.82, 2.24) is 0 Å². The second-order valence-electron chi connectivity index (χ2n) is 33.0. The number of carbonyl (C=O) groups excluding carboxylic acids is 2. The van der Waals surface area contributed by atoms with Gasteiger partial charge in [-0.1, -0.05) is 473 Å². The number of esters is 2. The van der Waals surface area contributed by atoms with Crippen LogP contribution in [0.15, 0.2) is 48.6 Å². The molecule has 1 N–H and O–H groups in total. The molecular formula is C94H181NO8P+. The lowest BCUT2D eigenvalue weighted by molar-refractivity contribution is -0.870. The molecule has 9 nitrogen and oxygen atoms in total. The SMILES string of the molecule is CC/C=C\C/C=C\C/C=C\C/C=C\CCCCCCCCCCCCCCCCCCCCCCCCCCCCC(=O)OC(COC(=O)CCCCCCCCCCCCCCCCCCCCCCCCCCCCCCCCCCCCCCCCCCC)COP(=O)(O)OCC[N+](C)(C)C. The van der Waals surface area contributed by atoms with Crippen LogP contribution in [0.5, 0.6) is 0 Å². The van der Waals surface area contributed by atoms with Crippen LogP contribution in [0.2, 0.25) is 0 Å². The zero-order valence-electron chi connectivity index (χ0n) is 70.5. The Morgan fingerprint density at radius 3 is 0.817 bits per heavy atom. The summed E-state index contributed by atoms with van der Waals surface area (Å²) >= 11 is 0. The Bertz CT molecular complexity index is 1890. The Labute approximate surface area is 649 Å². The van der Waals surface area contributed by atoms with Gasteiger partial charge < -0.3 is 18.9 Å². The standard InChI is InChI=1S/C94H180NO8P/c1-6-8-10-12-14-16-18-20-22-24-26-28-30-32-34-36-38-40-42-44-46-47-49-50-52-54-56-58-60-62-64-66-68-70-72-74-76-78-80-82-84-86-93(96)100-90-92(91-102-104(98,99)101-89-88-95(3,4)5)103-94(97)87-85-83-81-79-77-75-73-71-69-67-65-63-61-59-57-55-53-51-48-45-43-41-39-37-35-33-31-29-27-25-23-21-19-17-15-13-11-9-7-2/h9,11,15,17,21,23,27,29,92H,6-8,10,12-14,16,18-20,22,24-26,28,30-91H2,1-5H3/p+1/b11-9-,17-15-,23-21-,29-27-. The van der Waals surface area contributed by atoms with E-state index in [9.17, 15) is 19.0 Å². The summed E-state index contributed by atoms with van der Waals surface area (Å²) in [4.78, 5) is 36.1. The first-order valence-corrected chi connectivity index (χ1v) is 47.9. The van der Waals surface area contributed by atoms with Gasteiger partial charge in [0.15, 0.2) is 6.10 Å². The molecule has 0 saturated heterocycles. The number of phosphoric ester groups is 1. The predicted molar refractivity (Wildman–Crippen MR) is 455 cm³/mol. The number of nitrogens with zero attached hydrogens (tertiary/aromatic N) is 1. The van der Waals surface area contributed by atoms with E-state index in [0.29, 0.717) is 23.9 Å². The first-order chi connectivity index (χ1) is 51.0.